The first-order valence-corrected chi connectivity index (χ1v) is 9.69. The lowest BCUT2D eigenvalue weighted by molar-refractivity contribution is 0.206. The maximum atomic E-state index is 4.46. The van der Waals surface area contributed by atoms with Gasteiger partial charge in [0.2, 0.25) is 0 Å². The number of piperidine rings is 1. The zero-order valence-electron chi connectivity index (χ0n) is 15.2. The molecule has 1 aromatic rings. The summed E-state index contributed by atoms with van der Waals surface area (Å²) in [5, 5.41) is 8.19. The normalized spacial score (nSPS) is 16.7. The second-order valence-electron chi connectivity index (χ2n) is 6.08. The Bertz CT molecular complexity index is 483. The molecule has 138 valence electrons. The summed E-state index contributed by atoms with van der Waals surface area (Å²) in [6.07, 6.45) is 7.68. The van der Waals surface area contributed by atoms with E-state index in [1.54, 1.807) is 0 Å². The lowest BCUT2D eigenvalue weighted by atomic mass is 10.1. The van der Waals surface area contributed by atoms with Crippen LogP contribution in [0.15, 0.2) is 11.2 Å². The number of thiazole rings is 1. The van der Waals surface area contributed by atoms with E-state index in [0.717, 1.165) is 25.3 Å². The van der Waals surface area contributed by atoms with Crippen LogP contribution in [0.5, 0.6) is 0 Å². The van der Waals surface area contributed by atoms with Crippen LogP contribution in [0.3, 0.4) is 0 Å². The Kier molecular flexibility index (Phi) is 10.8. The third-order valence-electron chi connectivity index (χ3n) is 4.27. The van der Waals surface area contributed by atoms with Gasteiger partial charge in [0.25, 0.3) is 0 Å². The van der Waals surface area contributed by atoms with Crippen molar-refractivity contribution < 1.29 is 0 Å². The van der Waals surface area contributed by atoms with E-state index < -0.39 is 0 Å². The molecule has 0 unspecified atom stereocenters. The van der Waals surface area contributed by atoms with Crippen LogP contribution >= 0.6 is 35.3 Å². The molecule has 24 heavy (non-hydrogen) atoms. The van der Waals surface area contributed by atoms with Crippen LogP contribution in [-0.4, -0.2) is 55.1 Å². The predicted molar refractivity (Wildman–Crippen MR) is 115 cm³/mol. The molecule has 7 heteroatoms. The highest BCUT2D eigenvalue weighted by atomic mass is 127. The quantitative estimate of drug-likeness (QED) is 0.370. The van der Waals surface area contributed by atoms with Crippen molar-refractivity contribution in [2.45, 2.75) is 52.0 Å². The molecule has 1 aliphatic rings. The van der Waals surface area contributed by atoms with Gasteiger partial charge in [-0.15, -0.1) is 35.3 Å². The molecule has 0 amide bonds. The number of guanidine groups is 1. The Morgan fingerprint density at radius 3 is 2.71 bits per heavy atom. The first-order valence-electron chi connectivity index (χ1n) is 8.88. The molecule has 2 N–H and O–H groups in total. The van der Waals surface area contributed by atoms with Gasteiger partial charge in [-0.2, -0.15) is 0 Å². The first-order chi connectivity index (χ1) is 11.2. The van der Waals surface area contributed by atoms with E-state index in [1.165, 1.54) is 48.8 Å². The largest absolute Gasteiger partial charge is 0.356 e. The highest BCUT2D eigenvalue weighted by Crippen LogP contribution is 2.13. The van der Waals surface area contributed by atoms with Crippen molar-refractivity contribution in [2.75, 3.05) is 33.2 Å². The zero-order chi connectivity index (χ0) is 16.5. The molecule has 2 heterocycles. The second-order valence-corrected chi connectivity index (χ2v) is 7.28. The van der Waals surface area contributed by atoms with Crippen molar-refractivity contribution in [3.8, 4) is 0 Å². The minimum atomic E-state index is 0. The van der Waals surface area contributed by atoms with Crippen molar-refractivity contribution >= 4 is 41.3 Å². The van der Waals surface area contributed by atoms with Gasteiger partial charge >= 0.3 is 0 Å². The van der Waals surface area contributed by atoms with Gasteiger partial charge in [0.05, 0.1) is 5.01 Å². The SMILES string of the molecule is CCCN1CCC(NC(=NC)NCCc2ncc(CC)s2)CC1.I. The van der Waals surface area contributed by atoms with Crippen molar-refractivity contribution in [3.63, 3.8) is 0 Å². The highest BCUT2D eigenvalue weighted by Gasteiger charge is 2.19. The molecule has 1 fully saturated rings. The van der Waals surface area contributed by atoms with Crippen LogP contribution in [0.4, 0.5) is 0 Å². The Morgan fingerprint density at radius 2 is 2.12 bits per heavy atom. The molecule has 1 saturated heterocycles. The number of hydrogen-bond acceptors (Lipinski definition) is 4. The van der Waals surface area contributed by atoms with Gasteiger partial charge in [-0.1, -0.05) is 13.8 Å². The van der Waals surface area contributed by atoms with Gasteiger partial charge in [-0.05, 0) is 32.2 Å². The number of aliphatic imine (C=N–C) groups is 1. The van der Waals surface area contributed by atoms with Crippen LogP contribution in [-0.2, 0) is 12.8 Å². The maximum absolute atomic E-state index is 4.46. The van der Waals surface area contributed by atoms with Crippen LogP contribution in [0.1, 0.15) is 43.0 Å². The first kappa shape index (κ1) is 21.6. The van der Waals surface area contributed by atoms with Crippen molar-refractivity contribution in [1.29, 1.82) is 0 Å². The number of likely N-dealkylation sites (tertiary alicyclic amines) is 1. The van der Waals surface area contributed by atoms with Crippen molar-refractivity contribution in [3.05, 3.63) is 16.1 Å². The predicted octanol–water partition coefficient (Wildman–Crippen LogP) is 2.91. The van der Waals surface area contributed by atoms with Gasteiger partial charge < -0.3 is 15.5 Å². The summed E-state index contributed by atoms with van der Waals surface area (Å²) in [4.78, 5) is 12.7. The summed E-state index contributed by atoms with van der Waals surface area (Å²) in [6, 6.07) is 0.542. The lowest BCUT2D eigenvalue weighted by Gasteiger charge is -2.32. The number of halogens is 1. The minimum Gasteiger partial charge on any atom is -0.356 e. The zero-order valence-corrected chi connectivity index (χ0v) is 18.3. The standard InChI is InChI=1S/C17H31N5S.HI/c1-4-10-22-11-7-14(8-12-22)21-17(18-3)19-9-6-16-20-13-15(5-2)23-16;/h13-14H,4-12H2,1-3H3,(H2,18,19,21);1H. The molecule has 0 aliphatic carbocycles. The van der Waals surface area contributed by atoms with Gasteiger partial charge in [0, 0.05) is 50.2 Å². The summed E-state index contributed by atoms with van der Waals surface area (Å²) in [5.74, 6) is 0.922. The molecule has 2 rings (SSSR count). The Balaban J connectivity index is 0.00000288. The number of hydrogen-bond donors (Lipinski definition) is 2. The number of nitrogens with zero attached hydrogens (tertiary/aromatic N) is 3. The third kappa shape index (κ3) is 7.23. The number of aromatic nitrogens is 1. The molecular weight excluding hydrogens is 433 g/mol. The topological polar surface area (TPSA) is 52.5 Å². The molecule has 0 spiro atoms. The fourth-order valence-corrected chi connectivity index (χ4v) is 3.78. The van der Waals surface area contributed by atoms with E-state index in [1.807, 2.05) is 24.6 Å². The van der Waals surface area contributed by atoms with E-state index in [2.05, 4.69) is 39.4 Å². The van der Waals surface area contributed by atoms with E-state index >= 15 is 0 Å². The average molecular weight is 465 g/mol. The summed E-state index contributed by atoms with van der Waals surface area (Å²) in [6.45, 7) is 8.93. The third-order valence-corrected chi connectivity index (χ3v) is 5.47. The molecular formula is C17H32IN5S. The van der Waals surface area contributed by atoms with E-state index in [4.69, 9.17) is 0 Å². The van der Waals surface area contributed by atoms with Crippen LogP contribution in [0.2, 0.25) is 0 Å². The molecule has 5 nitrogen and oxygen atoms in total. The molecule has 0 radical (unpaired) electrons. The summed E-state index contributed by atoms with van der Waals surface area (Å²) in [5.41, 5.74) is 0. The molecule has 1 aromatic heterocycles. The lowest BCUT2D eigenvalue weighted by Crippen LogP contribution is -2.49. The monoisotopic (exact) mass is 465 g/mol. The Morgan fingerprint density at radius 1 is 1.38 bits per heavy atom. The molecule has 0 atom stereocenters. The Hall–Kier alpha value is -0.410. The van der Waals surface area contributed by atoms with Crippen LogP contribution in [0.25, 0.3) is 0 Å². The van der Waals surface area contributed by atoms with Crippen molar-refractivity contribution in [1.82, 2.24) is 20.5 Å². The Labute approximate surface area is 167 Å². The average Bonchev–Trinajstić information content (AvgIpc) is 3.04. The van der Waals surface area contributed by atoms with Gasteiger partial charge in [-0.25, -0.2) is 4.98 Å². The molecule has 0 bridgehead atoms. The number of rotatable bonds is 7. The van der Waals surface area contributed by atoms with E-state index in [0.29, 0.717) is 6.04 Å². The number of aryl methyl sites for hydroxylation is 1. The molecule has 1 aliphatic heterocycles. The van der Waals surface area contributed by atoms with Gasteiger partial charge in [0.15, 0.2) is 5.96 Å². The molecule has 0 saturated carbocycles. The summed E-state index contributed by atoms with van der Waals surface area (Å²) >= 11 is 1.82. The fraction of sp³-hybridized carbons (Fsp3) is 0.765. The highest BCUT2D eigenvalue weighted by molar-refractivity contribution is 14.0. The van der Waals surface area contributed by atoms with E-state index in [9.17, 15) is 0 Å². The fourth-order valence-electron chi connectivity index (χ4n) is 2.92. The van der Waals surface area contributed by atoms with Crippen LogP contribution in [0, 0.1) is 0 Å². The van der Waals surface area contributed by atoms with Gasteiger partial charge in [0.1, 0.15) is 0 Å². The van der Waals surface area contributed by atoms with Crippen LogP contribution < -0.4 is 10.6 Å². The maximum Gasteiger partial charge on any atom is 0.191 e. The second kappa shape index (κ2) is 12.0. The summed E-state index contributed by atoms with van der Waals surface area (Å²) < 4.78 is 0. The smallest absolute Gasteiger partial charge is 0.191 e. The van der Waals surface area contributed by atoms with Crippen molar-refractivity contribution in [2.24, 2.45) is 4.99 Å². The minimum absolute atomic E-state index is 0. The summed E-state index contributed by atoms with van der Waals surface area (Å²) in [7, 11) is 1.85. The molecule has 0 aromatic carbocycles. The number of nitrogens with one attached hydrogen (secondary N) is 2. The van der Waals surface area contributed by atoms with E-state index in [-0.39, 0.29) is 24.0 Å². The van der Waals surface area contributed by atoms with Gasteiger partial charge in [-0.3, -0.25) is 4.99 Å².